The second-order valence-corrected chi connectivity index (χ2v) is 6.30. The largest absolute Gasteiger partial charge is 0.462 e. The number of hydrogen-bond donors (Lipinski definition) is 0. The second-order valence-electron chi connectivity index (χ2n) is 6.30. The van der Waals surface area contributed by atoms with Gasteiger partial charge in [0.05, 0.1) is 17.7 Å². The van der Waals surface area contributed by atoms with Crippen LogP contribution in [0.25, 0.3) is 22.0 Å². The lowest BCUT2D eigenvalue weighted by molar-refractivity contribution is -0.137. The molecule has 138 valence electrons. The van der Waals surface area contributed by atoms with Crippen molar-refractivity contribution in [2.75, 3.05) is 6.61 Å². The topological polar surface area (TPSA) is 48.3 Å². The van der Waals surface area contributed by atoms with Crippen molar-refractivity contribution in [3.05, 3.63) is 69.5 Å². The van der Waals surface area contributed by atoms with E-state index in [1.807, 2.05) is 6.07 Å². The van der Waals surface area contributed by atoms with E-state index in [1.54, 1.807) is 29.7 Å². The zero-order chi connectivity index (χ0) is 19.3. The van der Waals surface area contributed by atoms with Crippen molar-refractivity contribution >= 4 is 16.9 Å². The molecule has 1 aliphatic heterocycles. The normalized spacial score (nSPS) is 12.7. The molecule has 0 atom stereocenters. The van der Waals surface area contributed by atoms with Crippen molar-refractivity contribution in [3.63, 3.8) is 0 Å². The Hall–Kier alpha value is -3.09. The van der Waals surface area contributed by atoms with Crippen LogP contribution in [0.1, 0.15) is 28.4 Å². The quantitative estimate of drug-likeness (QED) is 0.494. The third kappa shape index (κ3) is 2.70. The summed E-state index contributed by atoms with van der Waals surface area (Å²) in [6.07, 6.45) is -3.25. The van der Waals surface area contributed by atoms with Gasteiger partial charge in [0.15, 0.2) is 0 Å². The first-order valence-corrected chi connectivity index (χ1v) is 8.35. The van der Waals surface area contributed by atoms with E-state index >= 15 is 0 Å². The van der Waals surface area contributed by atoms with Gasteiger partial charge in [-0.15, -0.1) is 0 Å². The van der Waals surface area contributed by atoms with Crippen LogP contribution in [0, 0.1) is 0 Å². The summed E-state index contributed by atoms with van der Waals surface area (Å²) in [5.74, 6) is -0.842. The summed E-state index contributed by atoms with van der Waals surface area (Å²) in [4.78, 5) is 24.9. The van der Waals surface area contributed by atoms with Crippen LogP contribution in [0.2, 0.25) is 0 Å². The molecule has 2 heterocycles. The molecule has 0 amide bonds. The molecule has 1 aromatic heterocycles. The van der Waals surface area contributed by atoms with Gasteiger partial charge in [-0.25, -0.2) is 4.79 Å². The maximum atomic E-state index is 13.4. The fourth-order valence-electron chi connectivity index (χ4n) is 3.49. The highest BCUT2D eigenvalue weighted by atomic mass is 19.4. The summed E-state index contributed by atoms with van der Waals surface area (Å²) in [6.45, 7) is 2.00. The van der Waals surface area contributed by atoms with E-state index in [1.165, 1.54) is 6.20 Å². The molecule has 0 fully saturated rings. The van der Waals surface area contributed by atoms with Gasteiger partial charge in [0.2, 0.25) is 5.43 Å². The highest BCUT2D eigenvalue weighted by molar-refractivity contribution is 6.00. The number of alkyl halides is 3. The van der Waals surface area contributed by atoms with Crippen LogP contribution in [0.5, 0.6) is 0 Å². The molecule has 4 nitrogen and oxygen atoms in total. The Morgan fingerprint density at radius 1 is 1.19 bits per heavy atom. The van der Waals surface area contributed by atoms with E-state index in [0.29, 0.717) is 23.2 Å². The average molecular weight is 373 g/mol. The summed E-state index contributed by atoms with van der Waals surface area (Å²) in [7, 11) is 0. The first-order valence-electron chi connectivity index (χ1n) is 8.35. The van der Waals surface area contributed by atoms with E-state index in [-0.39, 0.29) is 17.6 Å². The molecular weight excluding hydrogens is 359 g/mol. The van der Waals surface area contributed by atoms with Crippen molar-refractivity contribution in [1.82, 2.24) is 4.57 Å². The number of pyridine rings is 1. The number of rotatable bonds is 2. The number of nitrogens with zero attached hydrogens (tertiary/aromatic N) is 1. The SMILES string of the molecule is CCOC(=O)c1cn2c3c(cc(C(F)(F)F)cc3c1=O)-c1ccccc1C2. The number of halogens is 3. The van der Waals surface area contributed by atoms with Gasteiger partial charge < -0.3 is 9.30 Å². The molecule has 0 bridgehead atoms. The minimum Gasteiger partial charge on any atom is -0.462 e. The number of hydrogen-bond acceptors (Lipinski definition) is 3. The van der Waals surface area contributed by atoms with Crippen LogP contribution in [-0.4, -0.2) is 17.1 Å². The lowest BCUT2D eigenvalue weighted by atomic mass is 9.91. The van der Waals surface area contributed by atoms with Crippen LogP contribution in [0.15, 0.2) is 47.4 Å². The molecule has 27 heavy (non-hydrogen) atoms. The molecule has 0 unspecified atom stereocenters. The molecule has 0 spiro atoms. The molecular formula is C20H14F3NO3. The number of benzene rings is 2. The number of fused-ring (bicyclic) bond motifs is 2. The average Bonchev–Trinajstić information content (AvgIpc) is 2.63. The molecule has 0 radical (unpaired) electrons. The molecule has 0 N–H and O–H groups in total. The summed E-state index contributed by atoms with van der Waals surface area (Å²) in [6, 6.07) is 8.95. The minimum absolute atomic E-state index is 0.0625. The van der Waals surface area contributed by atoms with Crippen LogP contribution in [0.3, 0.4) is 0 Å². The lowest BCUT2D eigenvalue weighted by Crippen LogP contribution is -2.23. The predicted octanol–water partition coefficient (Wildman–Crippen LogP) is 4.23. The minimum atomic E-state index is -4.62. The Balaban J connectivity index is 2.13. The molecule has 3 aromatic rings. The molecule has 4 rings (SSSR count). The highest BCUT2D eigenvalue weighted by Crippen LogP contribution is 2.40. The van der Waals surface area contributed by atoms with E-state index < -0.39 is 23.1 Å². The maximum absolute atomic E-state index is 13.4. The summed E-state index contributed by atoms with van der Waals surface area (Å²) < 4.78 is 46.9. The Labute approximate surface area is 151 Å². The zero-order valence-corrected chi connectivity index (χ0v) is 14.3. The second kappa shape index (κ2) is 5.97. The Kier molecular flexibility index (Phi) is 3.83. The summed E-state index contributed by atoms with van der Waals surface area (Å²) in [5, 5.41) is -0.139. The highest BCUT2D eigenvalue weighted by Gasteiger charge is 2.33. The molecule has 0 saturated heterocycles. The first-order chi connectivity index (χ1) is 12.8. The number of carbonyl (C=O) groups excluding carboxylic acids is 1. The molecule has 1 aliphatic rings. The summed E-state index contributed by atoms with van der Waals surface area (Å²) in [5.41, 5.74) is 0.224. The van der Waals surface area contributed by atoms with E-state index in [2.05, 4.69) is 0 Å². The summed E-state index contributed by atoms with van der Waals surface area (Å²) >= 11 is 0. The van der Waals surface area contributed by atoms with Crippen LogP contribution < -0.4 is 5.43 Å². The fraction of sp³-hybridized carbons (Fsp3) is 0.200. The molecule has 0 aliphatic carbocycles. The van der Waals surface area contributed by atoms with Gasteiger partial charge in [-0.1, -0.05) is 24.3 Å². The Bertz CT molecular complexity index is 1150. The Morgan fingerprint density at radius 2 is 1.93 bits per heavy atom. The van der Waals surface area contributed by atoms with Gasteiger partial charge in [0.25, 0.3) is 0 Å². The van der Waals surface area contributed by atoms with E-state index in [9.17, 15) is 22.8 Å². The van der Waals surface area contributed by atoms with E-state index in [4.69, 9.17) is 4.74 Å². The number of esters is 1. The van der Waals surface area contributed by atoms with Crippen molar-refractivity contribution in [1.29, 1.82) is 0 Å². The Morgan fingerprint density at radius 3 is 2.63 bits per heavy atom. The smallest absolute Gasteiger partial charge is 0.416 e. The van der Waals surface area contributed by atoms with Gasteiger partial charge in [0.1, 0.15) is 5.56 Å². The lowest BCUT2D eigenvalue weighted by Gasteiger charge is -2.24. The maximum Gasteiger partial charge on any atom is 0.416 e. The van der Waals surface area contributed by atoms with Gasteiger partial charge in [0, 0.05) is 23.7 Å². The monoisotopic (exact) mass is 373 g/mol. The number of carbonyl (C=O) groups is 1. The van der Waals surface area contributed by atoms with Gasteiger partial charge in [-0.2, -0.15) is 13.2 Å². The van der Waals surface area contributed by atoms with E-state index in [0.717, 1.165) is 17.7 Å². The first kappa shape index (κ1) is 17.3. The van der Waals surface area contributed by atoms with Gasteiger partial charge in [-0.05, 0) is 30.2 Å². The van der Waals surface area contributed by atoms with Crippen LogP contribution in [-0.2, 0) is 17.5 Å². The van der Waals surface area contributed by atoms with Crippen LogP contribution in [0.4, 0.5) is 13.2 Å². The molecule has 2 aromatic carbocycles. The third-order valence-corrected chi connectivity index (χ3v) is 4.64. The molecule has 0 saturated carbocycles. The van der Waals surface area contributed by atoms with Gasteiger partial charge >= 0.3 is 12.1 Å². The predicted molar refractivity (Wildman–Crippen MR) is 93.7 cm³/mol. The molecule has 7 heteroatoms. The van der Waals surface area contributed by atoms with Gasteiger partial charge in [-0.3, -0.25) is 4.79 Å². The van der Waals surface area contributed by atoms with Crippen molar-refractivity contribution in [2.45, 2.75) is 19.6 Å². The van der Waals surface area contributed by atoms with Crippen LogP contribution >= 0.6 is 0 Å². The standard InChI is InChI=1S/C20H14F3NO3/c1-2-27-19(26)16-10-24-9-11-5-3-4-6-13(11)14-7-12(20(21,22)23)8-15(17(14)24)18(16)25/h3-8,10H,2,9H2,1H3. The van der Waals surface area contributed by atoms with Crippen molar-refractivity contribution in [2.24, 2.45) is 0 Å². The number of ether oxygens (including phenoxy) is 1. The fourth-order valence-corrected chi connectivity index (χ4v) is 3.49. The van der Waals surface area contributed by atoms with Crippen molar-refractivity contribution < 1.29 is 22.7 Å². The third-order valence-electron chi connectivity index (χ3n) is 4.64. The number of aromatic nitrogens is 1. The zero-order valence-electron chi connectivity index (χ0n) is 14.3. The van der Waals surface area contributed by atoms with Crippen molar-refractivity contribution in [3.8, 4) is 11.1 Å².